The van der Waals surface area contributed by atoms with Gasteiger partial charge in [0.05, 0.1) is 0 Å². The summed E-state index contributed by atoms with van der Waals surface area (Å²) in [5.74, 6) is 1.21. The summed E-state index contributed by atoms with van der Waals surface area (Å²) in [6.45, 7) is 4.69. The fourth-order valence-corrected chi connectivity index (χ4v) is 4.88. The highest BCUT2D eigenvalue weighted by molar-refractivity contribution is 5.79. The molecule has 31 heavy (non-hydrogen) atoms. The number of rotatable bonds is 10. The van der Waals surface area contributed by atoms with E-state index < -0.39 is 0 Å². The molecular formula is C26H34N2O3. The molecule has 1 amide bonds. The standard InChI is InChI=1S/C26H34N2O3/c29-25-12-11-23(13-16-27-17-20-31-24-9-5-2-6-10-24)28(25)21-26(14-18-30-19-15-26)22-7-3-1-4-8-22/h1-10,23,27H,11-21H2/t23-/m1/s1. The first-order valence-electron chi connectivity index (χ1n) is 11.6. The third-order valence-electron chi connectivity index (χ3n) is 6.71. The highest BCUT2D eigenvalue weighted by Gasteiger charge is 2.41. The van der Waals surface area contributed by atoms with Crippen LogP contribution in [-0.2, 0) is 14.9 Å². The molecule has 5 nitrogen and oxygen atoms in total. The molecule has 2 fully saturated rings. The molecule has 4 rings (SSSR count). The van der Waals surface area contributed by atoms with E-state index in [1.807, 2.05) is 30.3 Å². The molecule has 2 heterocycles. The molecule has 1 N–H and O–H groups in total. The van der Waals surface area contributed by atoms with Crippen molar-refractivity contribution in [3.8, 4) is 5.75 Å². The molecule has 5 heteroatoms. The second-order valence-electron chi connectivity index (χ2n) is 8.67. The number of carbonyl (C=O) groups is 1. The molecular weight excluding hydrogens is 388 g/mol. The summed E-state index contributed by atoms with van der Waals surface area (Å²) in [6, 6.07) is 20.9. The number of nitrogens with one attached hydrogen (secondary N) is 1. The number of amides is 1. The van der Waals surface area contributed by atoms with Crippen LogP contribution in [0.2, 0.25) is 0 Å². The van der Waals surface area contributed by atoms with Crippen LogP contribution < -0.4 is 10.1 Å². The lowest BCUT2D eigenvalue weighted by Crippen LogP contribution is -2.48. The van der Waals surface area contributed by atoms with E-state index in [9.17, 15) is 4.79 Å². The van der Waals surface area contributed by atoms with E-state index in [4.69, 9.17) is 9.47 Å². The molecule has 0 bridgehead atoms. The van der Waals surface area contributed by atoms with Crippen molar-refractivity contribution in [3.05, 3.63) is 66.2 Å². The van der Waals surface area contributed by atoms with Crippen molar-refractivity contribution >= 4 is 5.91 Å². The molecule has 166 valence electrons. The van der Waals surface area contributed by atoms with Gasteiger partial charge in [-0.15, -0.1) is 0 Å². The van der Waals surface area contributed by atoms with Crippen LogP contribution in [0.4, 0.5) is 0 Å². The van der Waals surface area contributed by atoms with Crippen LogP contribution in [0.15, 0.2) is 60.7 Å². The van der Waals surface area contributed by atoms with Crippen molar-refractivity contribution in [2.75, 3.05) is 39.5 Å². The van der Waals surface area contributed by atoms with E-state index in [2.05, 4.69) is 40.5 Å². The Kier molecular flexibility index (Phi) is 7.60. The molecule has 2 aromatic rings. The van der Waals surface area contributed by atoms with E-state index in [-0.39, 0.29) is 5.41 Å². The van der Waals surface area contributed by atoms with Gasteiger partial charge in [-0.2, -0.15) is 0 Å². The van der Waals surface area contributed by atoms with Gasteiger partial charge in [0.15, 0.2) is 0 Å². The minimum atomic E-state index is 0.00864. The monoisotopic (exact) mass is 422 g/mol. The second kappa shape index (κ2) is 10.8. The maximum absolute atomic E-state index is 12.8. The summed E-state index contributed by atoms with van der Waals surface area (Å²) >= 11 is 0. The van der Waals surface area contributed by atoms with Crippen molar-refractivity contribution < 1.29 is 14.3 Å². The summed E-state index contributed by atoms with van der Waals surface area (Å²) in [7, 11) is 0. The molecule has 2 aliphatic rings. The van der Waals surface area contributed by atoms with Gasteiger partial charge >= 0.3 is 0 Å². The average molecular weight is 423 g/mol. The lowest BCUT2D eigenvalue weighted by molar-refractivity contribution is -0.130. The summed E-state index contributed by atoms with van der Waals surface area (Å²) in [5.41, 5.74) is 1.35. The van der Waals surface area contributed by atoms with Gasteiger partial charge in [-0.05, 0) is 49.9 Å². The molecule has 2 saturated heterocycles. The molecule has 2 aliphatic heterocycles. The number of hydrogen-bond acceptors (Lipinski definition) is 4. The Bertz CT molecular complexity index is 806. The Hall–Kier alpha value is -2.37. The zero-order valence-corrected chi connectivity index (χ0v) is 18.3. The predicted molar refractivity (Wildman–Crippen MR) is 122 cm³/mol. The van der Waals surface area contributed by atoms with Crippen LogP contribution in [0.25, 0.3) is 0 Å². The number of para-hydroxylation sites is 1. The number of ether oxygens (including phenoxy) is 2. The van der Waals surface area contributed by atoms with Gasteiger partial charge in [0.25, 0.3) is 0 Å². The molecule has 0 aromatic heterocycles. The maximum Gasteiger partial charge on any atom is 0.222 e. The minimum Gasteiger partial charge on any atom is -0.492 e. The Morgan fingerprint density at radius 3 is 2.45 bits per heavy atom. The van der Waals surface area contributed by atoms with E-state index in [1.165, 1.54) is 5.56 Å². The van der Waals surface area contributed by atoms with Crippen LogP contribution in [0.1, 0.15) is 37.7 Å². The SMILES string of the molecule is O=C1CC[C@H](CCNCCOc2ccccc2)N1CC1(c2ccccc2)CCOCC1. The fourth-order valence-electron chi connectivity index (χ4n) is 4.88. The van der Waals surface area contributed by atoms with Gasteiger partial charge in [-0.3, -0.25) is 4.79 Å². The Morgan fingerprint density at radius 2 is 1.71 bits per heavy atom. The van der Waals surface area contributed by atoms with Gasteiger partial charge in [-0.1, -0.05) is 48.5 Å². The Labute approximate surface area is 185 Å². The Morgan fingerprint density at radius 1 is 1.00 bits per heavy atom. The van der Waals surface area contributed by atoms with E-state index >= 15 is 0 Å². The van der Waals surface area contributed by atoms with E-state index in [1.54, 1.807) is 0 Å². The van der Waals surface area contributed by atoms with E-state index in [0.717, 1.165) is 64.3 Å². The maximum atomic E-state index is 12.8. The highest BCUT2D eigenvalue weighted by atomic mass is 16.5. The van der Waals surface area contributed by atoms with Crippen molar-refractivity contribution in [3.63, 3.8) is 0 Å². The van der Waals surface area contributed by atoms with Crippen LogP contribution in [0.3, 0.4) is 0 Å². The third-order valence-corrected chi connectivity index (χ3v) is 6.71. The zero-order valence-electron chi connectivity index (χ0n) is 18.3. The smallest absolute Gasteiger partial charge is 0.222 e. The van der Waals surface area contributed by atoms with Gasteiger partial charge in [0.1, 0.15) is 12.4 Å². The quantitative estimate of drug-likeness (QED) is 0.592. The van der Waals surface area contributed by atoms with Gasteiger partial charge in [-0.25, -0.2) is 0 Å². The van der Waals surface area contributed by atoms with Crippen LogP contribution >= 0.6 is 0 Å². The molecule has 2 aromatic carbocycles. The number of likely N-dealkylation sites (tertiary alicyclic amines) is 1. The Balaban J connectivity index is 1.29. The van der Waals surface area contributed by atoms with Gasteiger partial charge in [0.2, 0.25) is 5.91 Å². The second-order valence-corrected chi connectivity index (χ2v) is 8.67. The molecule has 0 spiro atoms. The van der Waals surface area contributed by atoms with Gasteiger partial charge < -0.3 is 19.7 Å². The van der Waals surface area contributed by atoms with E-state index in [0.29, 0.717) is 25.0 Å². The minimum absolute atomic E-state index is 0.00864. The molecule has 1 atom stereocenters. The predicted octanol–water partition coefficient (Wildman–Crippen LogP) is 3.78. The lowest BCUT2D eigenvalue weighted by Gasteiger charge is -2.42. The first kappa shape index (κ1) is 21.8. The summed E-state index contributed by atoms with van der Waals surface area (Å²) in [6.07, 6.45) is 4.56. The van der Waals surface area contributed by atoms with Crippen molar-refractivity contribution in [1.29, 1.82) is 0 Å². The number of nitrogens with zero attached hydrogens (tertiary/aromatic N) is 1. The zero-order chi connectivity index (χ0) is 21.4. The third kappa shape index (κ3) is 5.66. The van der Waals surface area contributed by atoms with Crippen molar-refractivity contribution in [1.82, 2.24) is 10.2 Å². The van der Waals surface area contributed by atoms with Crippen LogP contribution in [0, 0.1) is 0 Å². The largest absolute Gasteiger partial charge is 0.492 e. The van der Waals surface area contributed by atoms with Crippen LogP contribution in [-0.4, -0.2) is 56.3 Å². The lowest BCUT2D eigenvalue weighted by atomic mass is 9.73. The number of hydrogen-bond donors (Lipinski definition) is 1. The molecule has 0 radical (unpaired) electrons. The topological polar surface area (TPSA) is 50.8 Å². The van der Waals surface area contributed by atoms with Crippen LogP contribution in [0.5, 0.6) is 5.75 Å². The summed E-state index contributed by atoms with van der Waals surface area (Å²) in [4.78, 5) is 14.9. The van der Waals surface area contributed by atoms with Crippen molar-refractivity contribution in [2.24, 2.45) is 0 Å². The normalized spacial score (nSPS) is 20.7. The number of carbonyl (C=O) groups excluding carboxylic acids is 1. The molecule has 0 aliphatic carbocycles. The highest BCUT2D eigenvalue weighted by Crippen LogP contribution is 2.38. The van der Waals surface area contributed by atoms with Crippen molar-refractivity contribution in [2.45, 2.75) is 43.6 Å². The molecule has 0 unspecified atom stereocenters. The fraction of sp³-hybridized carbons (Fsp3) is 0.500. The average Bonchev–Trinajstić information content (AvgIpc) is 3.17. The molecule has 0 saturated carbocycles. The number of benzene rings is 2. The summed E-state index contributed by atoms with van der Waals surface area (Å²) in [5, 5.41) is 3.48. The van der Waals surface area contributed by atoms with Gasteiger partial charge in [0, 0.05) is 44.2 Å². The first-order chi connectivity index (χ1) is 15.3. The summed E-state index contributed by atoms with van der Waals surface area (Å²) < 4.78 is 11.4. The first-order valence-corrected chi connectivity index (χ1v) is 11.6.